The molecule has 1 aromatic heterocycles. The molecular formula is C18H30IN5O2S. The maximum Gasteiger partial charge on any atom is 0.191 e. The van der Waals surface area contributed by atoms with Gasteiger partial charge in [0.25, 0.3) is 0 Å². The topological polar surface area (TPSA) is 86.7 Å². The number of aliphatic imine (C=N–C) groups is 1. The Kier molecular flexibility index (Phi) is 8.59. The highest BCUT2D eigenvalue weighted by Crippen LogP contribution is 2.17. The molecule has 2 aliphatic heterocycles. The first kappa shape index (κ1) is 22.2. The van der Waals surface area contributed by atoms with Crippen molar-refractivity contribution in [2.24, 2.45) is 4.99 Å². The van der Waals surface area contributed by atoms with Gasteiger partial charge in [-0.1, -0.05) is 18.9 Å². The van der Waals surface area contributed by atoms with Crippen molar-refractivity contribution < 1.29 is 8.42 Å². The number of guanidine groups is 1. The molecule has 1 atom stereocenters. The van der Waals surface area contributed by atoms with Crippen molar-refractivity contribution in [1.82, 2.24) is 15.6 Å². The molecule has 2 saturated heterocycles. The molecule has 9 heteroatoms. The number of nitrogens with one attached hydrogen (secondary N) is 2. The Bertz CT molecular complexity index is 716. The molecule has 2 fully saturated rings. The van der Waals surface area contributed by atoms with Gasteiger partial charge in [0.05, 0.1) is 11.5 Å². The molecular weight excluding hydrogens is 477 g/mol. The summed E-state index contributed by atoms with van der Waals surface area (Å²) in [6, 6.07) is 4.12. The first-order chi connectivity index (χ1) is 12.6. The van der Waals surface area contributed by atoms with E-state index in [0.29, 0.717) is 18.9 Å². The minimum absolute atomic E-state index is 0. The average Bonchev–Trinajstić information content (AvgIpc) is 2.84. The van der Waals surface area contributed by atoms with Crippen LogP contribution in [0, 0.1) is 0 Å². The zero-order chi connectivity index (χ0) is 18.4. The number of halogens is 1. The summed E-state index contributed by atoms with van der Waals surface area (Å²) in [5.74, 6) is 2.11. The van der Waals surface area contributed by atoms with E-state index in [9.17, 15) is 8.42 Å². The molecule has 0 bridgehead atoms. The summed E-state index contributed by atoms with van der Waals surface area (Å²) in [4.78, 5) is 11.2. The lowest BCUT2D eigenvalue weighted by atomic mass is 10.2. The summed E-state index contributed by atoms with van der Waals surface area (Å²) in [5.41, 5.74) is 1.07. The van der Waals surface area contributed by atoms with Gasteiger partial charge < -0.3 is 15.5 Å². The molecule has 2 N–H and O–H groups in total. The number of pyridine rings is 1. The second-order valence-electron chi connectivity index (χ2n) is 7.10. The summed E-state index contributed by atoms with van der Waals surface area (Å²) < 4.78 is 23.1. The molecule has 3 heterocycles. The number of hydrogen-bond donors (Lipinski definition) is 2. The van der Waals surface area contributed by atoms with Gasteiger partial charge in [-0.15, -0.1) is 24.0 Å². The van der Waals surface area contributed by atoms with Crippen LogP contribution in [-0.2, 0) is 16.4 Å². The van der Waals surface area contributed by atoms with Crippen molar-refractivity contribution in [2.45, 2.75) is 44.7 Å². The molecule has 3 rings (SSSR count). The van der Waals surface area contributed by atoms with Crippen molar-refractivity contribution in [3.05, 3.63) is 23.9 Å². The summed E-state index contributed by atoms with van der Waals surface area (Å²) in [6.45, 7) is 2.78. The van der Waals surface area contributed by atoms with Crippen LogP contribution in [0.4, 0.5) is 5.82 Å². The third-order valence-corrected chi connectivity index (χ3v) is 6.76. The summed E-state index contributed by atoms with van der Waals surface area (Å²) >= 11 is 0. The SMILES string of the molecule is CN=C(NCc1ccc(N2CCCCCC2)nc1)NC1CCS(=O)(=O)C1.I. The standard InChI is InChI=1S/C18H29N5O2S.HI/c1-19-18(22-16-8-11-26(24,25)14-16)21-13-15-6-7-17(20-12-15)23-9-4-2-3-5-10-23;/h6-7,12,16H,2-5,8-11,13-14H2,1H3,(H2,19,21,22);1H. The maximum absolute atomic E-state index is 11.6. The van der Waals surface area contributed by atoms with Crippen molar-refractivity contribution in [3.63, 3.8) is 0 Å². The van der Waals surface area contributed by atoms with Crippen molar-refractivity contribution in [3.8, 4) is 0 Å². The number of nitrogens with zero attached hydrogens (tertiary/aromatic N) is 3. The van der Waals surface area contributed by atoms with E-state index in [4.69, 9.17) is 0 Å². The number of anilines is 1. The Labute approximate surface area is 179 Å². The van der Waals surface area contributed by atoms with Gasteiger partial charge in [-0.05, 0) is 30.9 Å². The lowest BCUT2D eigenvalue weighted by Gasteiger charge is -2.21. The van der Waals surface area contributed by atoms with Gasteiger partial charge in [0.1, 0.15) is 5.82 Å². The molecule has 0 radical (unpaired) electrons. The van der Waals surface area contributed by atoms with Gasteiger partial charge in [-0.3, -0.25) is 4.99 Å². The minimum atomic E-state index is -2.89. The van der Waals surface area contributed by atoms with Gasteiger partial charge in [-0.2, -0.15) is 0 Å². The predicted molar refractivity (Wildman–Crippen MR) is 121 cm³/mol. The second kappa shape index (κ2) is 10.4. The lowest BCUT2D eigenvalue weighted by molar-refractivity contribution is 0.599. The third kappa shape index (κ3) is 6.78. The van der Waals surface area contributed by atoms with Gasteiger partial charge in [0.2, 0.25) is 0 Å². The van der Waals surface area contributed by atoms with Crippen LogP contribution in [0.15, 0.2) is 23.3 Å². The van der Waals surface area contributed by atoms with Crippen LogP contribution in [0.5, 0.6) is 0 Å². The Hall–Kier alpha value is -1.10. The predicted octanol–water partition coefficient (Wildman–Crippen LogP) is 1.93. The highest BCUT2D eigenvalue weighted by molar-refractivity contribution is 14.0. The average molecular weight is 507 g/mol. The van der Waals surface area contributed by atoms with E-state index in [2.05, 4.69) is 37.6 Å². The lowest BCUT2D eigenvalue weighted by Crippen LogP contribution is -2.43. The van der Waals surface area contributed by atoms with Crippen LogP contribution in [-0.4, -0.2) is 57.0 Å². The van der Waals surface area contributed by atoms with E-state index in [1.807, 2.05) is 6.20 Å². The quantitative estimate of drug-likeness (QED) is 0.368. The molecule has 152 valence electrons. The first-order valence-corrected chi connectivity index (χ1v) is 11.3. The molecule has 7 nitrogen and oxygen atoms in total. The second-order valence-corrected chi connectivity index (χ2v) is 9.32. The fourth-order valence-electron chi connectivity index (χ4n) is 3.49. The molecule has 27 heavy (non-hydrogen) atoms. The van der Waals surface area contributed by atoms with Gasteiger partial charge in [-0.25, -0.2) is 13.4 Å². The largest absolute Gasteiger partial charge is 0.357 e. The molecule has 1 unspecified atom stereocenters. The van der Waals surface area contributed by atoms with Crippen LogP contribution in [0.1, 0.15) is 37.7 Å². The Balaban J connectivity index is 0.00000261. The fourth-order valence-corrected chi connectivity index (χ4v) is 5.16. The van der Waals surface area contributed by atoms with E-state index in [-0.39, 0.29) is 41.5 Å². The van der Waals surface area contributed by atoms with Crippen molar-refractivity contribution >= 4 is 45.6 Å². The van der Waals surface area contributed by atoms with Crippen LogP contribution < -0.4 is 15.5 Å². The number of rotatable bonds is 4. The molecule has 0 aromatic carbocycles. The van der Waals surface area contributed by atoms with Crippen LogP contribution in [0.25, 0.3) is 0 Å². The summed E-state index contributed by atoms with van der Waals surface area (Å²) in [6.07, 6.45) is 7.64. The van der Waals surface area contributed by atoms with Gasteiger partial charge >= 0.3 is 0 Å². The van der Waals surface area contributed by atoms with E-state index < -0.39 is 9.84 Å². The van der Waals surface area contributed by atoms with E-state index >= 15 is 0 Å². The molecule has 0 amide bonds. The van der Waals surface area contributed by atoms with Crippen LogP contribution in [0.3, 0.4) is 0 Å². The maximum atomic E-state index is 11.6. The van der Waals surface area contributed by atoms with E-state index in [1.54, 1.807) is 7.05 Å². The normalized spacial score (nSPS) is 22.6. The van der Waals surface area contributed by atoms with E-state index in [0.717, 1.165) is 24.5 Å². The zero-order valence-corrected chi connectivity index (χ0v) is 19.0. The highest BCUT2D eigenvalue weighted by atomic mass is 127. The zero-order valence-electron chi connectivity index (χ0n) is 15.9. The monoisotopic (exact) mass is 507 g/mol. The number of sulfone groups is 1. The Morgan fingerprint density at radius 3 is 2.56 bits per heavy atom. The Morgan fingerprint density at radius 2 is 2.00 bits per heavy atom. The first-order valence-electron chi connectivity index (χ1n) is 9.43. The molecule has 0 aliphatic carbocycles. The molecule has 2 aliphatic rings. The van der Waals surface area contributed by atoms with Crippen molar-refractivity contribution in [2.75, 3.05) is 36.5 Å². The minimum Gasteiger partial charge on any atom is -0.357 e. The van der Waals surface area contributed by atoms with Gasteiger partial charge in [0.15, 0.2) is 15.8 Å². The molecule has 1 aromatic rings. The highest BCUT2D eigenvalue weighted by Gasteiger charge is 2.28. The third-order valence-electron chi connectivity index (χ3n) is 5.00. The number of hydrogen-bond acceptors (Lipinski definition) is 5. The summed E-state index contributed by atoms with van der Waals surface area (Å²) in [5, 5.41) is 6.43. The van der Waals surface area contributed by atoms with Crippen LogP contribution in [0.2, 0.25) is 0 Å². The smallest absolute Gasteiger partial charge is 0.191 e. The fraction of sp³-hybridized carbons (Fsp3) is 0.667. The Morgan fingerprint density at radius 1 is 1.26 bits per heavy atom. The molecule has 0 saturated carbocycles. The van der Waals surface area contributed by atoms with Crippen molar-refractivity contribution in [1.29, 1.82) is 0 Å². The van der Waals surface area contributed by atoms with Gasteiger partial charge in [0, 0.05) is 38.9 Å². The molecule has 0 spiro atoms. The van der Waals surface area contributed by atoms with Crippen LogP contribution >= 0.6 is 24.0 Å². The van der Waals surface area contributed by atoms with E-state index in [1.165, 1.54) is 25.7 Å². The summed E-state index contributed by atoms with van der Waals surface area (Å²) in [7, 11) is -1.20. The number of aromatic nitrogens is 1.